The van der Waals surface area contributed by atoms with E-state index in [9.17, 15) is 9.59 Å². The second kappa shape index (κ2) is 8.61. The molecule has 30 heavy (non-hydrogen) atoms. The van der Waals surface area contributed by atoms with E-state index in [1.807, 2.05) is 43.3 Å². The molecule has 0 atom stereocenters. The van der Waals surface area contributed by atoms with Crippen molar-refractivity contribution in [3.05, 3.63) is 89.2 Å². The highest BCUT2D eigenvalue weighted by Gasteiger charge is 2.15. The fraction of sp³-hybridized carbons (Fsp3) is 0.125. The van der Waals surface area contributed by atoms with Crippen LogP contribution in [0.2, 0.25) is 0 Å². The largest absolute Gasteiger partial charge is 0.494 e. The van der Waals surface area contributed by atoms with Gasteiger partial charge in [0.15, 0.2) is 0 Å². The predicted molar refractivity (Wildman–Crippen MR) is 118 cm³/mol. The Labute approximate surface area is 173 Å². The predicted octanol–water partition coefficient (Wildman–Crippen LogP) is 4.10. The highest BCUT2D eigenvalue weighted by atomic mass is 16.5. The van der Waals surface area contributed by atoms with Gasteiger partial charge in [0.25, 0.3) is 5.56 Å². The highest BCUT2D eigenvalue weighted by molar-refractivity contribution is 5.91. The first-order chi connectivity index (χ1) is 14.7. The molecule has 0 unspecified atom stereocenters. The summed E-state index contributed by atoms with van der Waals surface area (Å²) in [5, 5.41) is 3.31. The molecule has 0 aliphatic rings. The van der Waals surface area contributed by atoms with Gasteiger partial charge >= 0.3 is 0 Å². The summed E-state index contributed by atoms with van der Waals surface area (Å²) in [6.07, 6.45) is 0. The molecule has 6 heteroatoms. The van der Waals surface area contributed by atoms with Gasteiger partial charge in [0.05, 0.1) is 17.5 Å². The molecule has 4 aromatic rings. The van der Waals surface area contributed by atoms with Crippen LogP contribution in [0.5, 0.6) is 5.75 Å². The number of aromatic nitrogens is 2. The molecule has 3 aromatic carbocycles. The van der Waals surface area contributed by atoms with Crippen molar-refractivity contribution in [2.45, 2.75) is 13.5 Å². The van der Waals surface area contributed by atoms with E-state index in [0.717, 1.165) is 11.3 Å². The Kier molecular flexibility index (Phi) is 5.57. The molecule has 1 amide bonds. The number of hydrogen-bond acceptors (Lipinski definition) is 4. The van der Waals surface area contributed by atoms with Crippen LogP contribution in [-0.4, -0.2) is 22.1 Å². The second-order valence-corrected chi connectivity index (χ2v) is 6.72. The molecule has 0 aliphatic carbocycles. The minimum atomic E-state index is -0.310. The number of nitrogens with one attached hydrogen (secondary N) is 1. The zero-order chi connectivity index (χ0) is 20.9. The van der Waals surface area contributed by atoms with Gasteiger partial charge in [-0.3, -0.25) is 14.2 Å². The molecule has 0 saturated heterocycles. The van der Waals surface area contributed by atoms with E-state index in [-0.39, 0.29) is 18.0 Å². The third-order valence-corrected chi connectivity index (χ3v) is 4.64. The number of anilines is 1. The van der Waals surface area contributed by atoms with Crippen molar-refractivity contribution in [2.75, 3.05) is 11.9 Å². The molecule has 0 bridgehead atoms. The molecule has 1 aromatic heterocycles. The molecule has 0 aliphatic heterocycles. The minimum Gasteiger partial charge on any atom is -0.494 e. The van der Waals surface area contributed by atoms with Crippen LogP contribution in [0.25, 0.3) is 22.3 Å². The van der Waals surface area contributed by atoms with Crippen molar-refractivity contribution in [3.8, 4) is 17.1 Å². The quantitative estimate of drug-likeness (QED) is 0.530. The first-order valence-corrected chi connectivity index (χ1v) is 9.73. The van der Waals surface area contributed by atoms with E-state index >= 15 is 0 Å². The minimum absolute atomic E-state index is 0.145. The van der Waals surface area contributed by atoms with Gasteiger partial charge in [-0.2, -0.15) is 0 Å². The monoisotopic (exact) mass is 399 g/mol. The molecule has 150 valence electrons. The molecule has 0 spiro atoms. The standard InChI is InChI=1S/C24H21N3O3/c1-2-30-19-14-12-18(13-15-19)25-22(28)16-27-23(17-8-4-3-5-9-17)26-21-11-7-6-10-20(21)24(27)29/h3-15H,2,16H2,1H3,(H,25,28). The summed E-state index contributed by atoms with van der Waals surface area (Å²) in [5.41, 5.74) is 1.76. The van der Waals surface area contributed by atoms with Crippen LogP contribution in [0, 0.1) is 0 Å². The fourth-order valence-electron chi connectivity index (χ4n) is 3.27. The summed E-state index contributed by atoms with van der Waals surface area (Å²) in [7, 11) is 0. The van der Waals surface area contributed by atoms with Gasteiger partial charge in [0, 0.05) is 11.3 Å². The number of amides is 1. The average Bonchev–Trinajstić information content (AvgIpc) is 2.78. The molecule has 1 heterocycles. The lowest BCUT2D eigenvalue weighted by Crippen LogP contribution is -2.29. The third-order valence-electron chi connectivity index (χ3n) is 4.64. The summed E-state index contributed by atoms with van der Waals surface area (Å²) < 4.78 is 6.83. The van der Waals surface area contributed by atoms with Gasteiger partial charge in [0.2, 0.25) is 5.91 Å². The van der Waals surface area contributed by atoms with Crippen molar-refractivity contribution < 1.29 is 9.53 Å². The van der Waals surface area contributed by atoms with Gasteiger partial charge in [-0.25, -0.2) is 4.98 Å². The molecule has 4 rings (SSSR count). The topological polar surface area (TPSA) is 73.2 Å². The zero-order valence-corrected chi connectivity index (χ0v) is 16.5. The maximum absolute atomic E-state index is 13.2. The van der Waals surface area contributed by atoms with Crippen LogP contribution in [-0.2, 0) is 11.3 Å². The summed E-state index contributed by atoms with van der Waals surface area (Å²) >= 11 is 0. The summed E-state index contributed by atoms with van der Waals surface area (Å²) in [4.78, 5) is 30.6. The first kappa shape index (κ1) is 19.4. The SMILES string of the molecule is CCOc1ccc(NC(=O)Cn2c(-c3ccccc3)nc3ccccc3c2=O)cc1. The van der Waals surface area contributed by atoms with E-state index in [4.69, 9.17) is 4.74 Å². The van der Waals surface area contributed by atoms with Crippen LogP contribution in [0.15, 0.2) is 83.7 Å². The van der Waals surface area contributed by atoms with Crippen molar-refractivity contribution in [1.29, 1.82) is 0 Å². The highest BCUT2D eigenvalue weighted by Crippen LogP contribution is 2.19. The van der Waals surface area contributed by atoms with E-state index in [2.05, 4.69) is 10.3 Å². The number of para-hydroxylation sites is 1. The van der Waals surface area contributed by atoms with Crippen molar-refractivity contribution in [3.63, 3.8) is 0 Å². The number of carbonyl (C=O) groups is 1. The third kappa shape index (κ3) is 4.07. The van der Waals surface area contributed by atoms with E-state index < -0.39 is 0 Å². The Balaban J connectivity index is 1.68. The molecule has 0 fully saturated rings. The van der Waals surface area contributed by atoms with E-state index in [1.54, 1.807) is 42.5 Å². The Bertz CT molecular complexity index is 1230. The zero-order valence-electron chi connectivity index (χ0n) is 16.5. The number of hydrogen-bond donors (Lipinski definition) is 1. The molecule has 6 nitrogen and oxygen atoms in total. The van der Waals surface area contributed by atoms with Crippen LogP contribution < -0.4 is 15.6 Å². The van der Waals surface area contributed by atoms with E-state index in [1.165, 1.54) is 4.57 Å². The number of rotatable bonds is 6. The Hall–Kier alpha value is -3.93. The van der Waals surface area contributed by atoms with Crippen molar-refractivity contribution in [2.24, 2.45) is 0 Å². The van der Waals surface area contributed by atoms with Gasteiger partial charge in [-0.1, -0.05) is 42.5 Å². The van der Waals surface area contributed by atoms with Crippen LogP contribution in [0.3, 0.4) is 0 Å². The number of ether oxygens (including phenoxy) is 1. The van der Waals surface area contributed by atoms with Gasteiger partial charge in [0.1, 0.15) is 18.1 Å². The first-order valence-electron chi connectivity index (χ1n) is 9.73. The lowest BCUT2D eigenvalue weighted by Gasteiger charge is -2.14. The Morgan fingerprint density at radius 1 is 0.967 bits per heavy atom. The normalized spacial score (nSPS) is 10.7. The lowest BCUT2D eigenvalue weighted by atomic mass is 10.2. The van der Waals surface area contributed by atoms with Gasteiger partial charge in [-0.15, -0.1) is 0 Å². The van der Waals surface area contributed by atoms with Crippen LogP contribution in [0.4, 0.5) is 5.69 Å². The van der Waals surface area contributed by atoms with Crippen LogP contribution in [0.1, 0.15) is 6.92 Å². The molecule has 1 N–H and O–H groups in total. The lowest BCUT2D eigenvalue weighted by molar-refractivity contribution is -0.116. The number of fused-ring (bicyclic) bond motifs is 1. The molecule has 0 saturated carbocycles. The molecule has 0 radical (unpaired) electrons. The number of carbonyl (C=O) groups excluding carboxylic acids is 1. The Morgan fingerprint density at radius 3 is 2.40 bits per heavy atom. The Morgan fingerprint density at radius 2 is 1.67 bits per heavy atom. The maximum atomic E-state index is 13.2. The number of benzene rings is 3. The summed E-state index contributed by atoms with van der Waals surface area (Å²) in [5.74, 6) is 0.883. The van der Waals surface area contributed by atoms with Gasteiger partial charge < -0.3 is 10.1 Å². The molecular formula is C24H21N3O3. The summed E-state index contributed by atoms with van der Waals surface area (Å²) in [6.45, 7) is 2.34. The van der Waals surface area contributed by atoms with E-state index in [0.29, 0.717) is 29.0 Å². The smallest absolute Gasteiger partial charge is 0.262 e. The fourth-order valence-corrected chi connectivity index (χ4v) is 3.27. The summed E-state index contributed by atoms with van der Waals surface area (Å²) in [6, 6.07) is 23.7. The molecular weight excluding hydrogens is 378 g/mol. The maximum Gasteiger partial charge on any atom is 0.262 e. The van der Waals surface area contributed by atoms with Gasteiger partial charge in [-0.05, 0) is 43.3 Å². The van der Waals surface area contributed by atoms with Crippen LogP contribution >= 0.6 is 0 Å². The van der Waals surface area contributed by atoms with Crippen molar-refractivity contribution in [1.82, 2.24) is 9.55 Å². The second-order valence-electron chi connectivity index (χ2n) is 6.72. The number of nitrogens with zero attached hydrogens (tertiary/aromatic N) is 2. The average molecular weight is 399 g/mol. The van der Waals surface area contributed by atoms with Crippen molar-refractivity contribution >= 4 is 22.5 Å².